The van der Waals surface area contributed by atoms with Gasteiger partial charge in [0.05, 0.1) is 6.54 Å². The van der Waals surface area contributed by atoms with Gasteiger partial charge in [-0.3, -0.25) is 4.79 Å². The lowest BCUT2D eigenvalue weighted by Gasteiger charge is -2.16. The Morgan fingerprint density at radius 2 is 1.93 bits per heavy atom. The molecule has 0 bridgehead atoms. The van der Waals surface area contributed by atoms with Crippen LogP contribution in [-0.4, -0.2) is 22.8 Å². The van der Waals surface area contributed by atoms with E-state index < -0.39 is 0 Å². The van der Waals surface area contributed by atoms with Crippen molar-refractivity contribution in [3.8, 4) is 0 Å². The van der Waals surface area contributed by atoms with Gasteiger partial charge < -0.3 is 9.32 Å². The smallest absolute Gasteiger partial charge is 0.254 e. The van der Waals surface area contributed by atoms with E-state index in [1.165, 1.54) is 5.56 Å². The largest absolute Gasteiger partial charge is 0.441 e. The lowest BCUT2D eigenvalue weighted by atomic mass is 10.1. The molecule has 0 unspecified atom stereocenters. The minimum absolute atomic E-state index is 0.0147. The summed E-state index contributed by atoms with van der Waals surface area (Å²) in [6.07, 6.45) is 1.61. The molecule has 0 spiro atoms. The monoisotopic (exact) mass is 376 g/mol. The molecule has 136 valence electrons. The van der Waals surface area contributed by atoms with E-state index in [1.807, 2.05) is 61.0 Å². The number of carbonyl (C=O) groups excluding carboxylic acids is 1. The fourth-order valence-electron chi connectivity index (χ4n) is 3.04. The van der Waals surface area contributed by atoms with E-state index in [9.17, 15) is 4.79 Å². The number of nitrogens with zero attached hydrogens (tertiary/aromatic N) is 2. The second-order valence-corrected chi connectivity index (χ2v) is 7.55. The zero-order chi connectivity index (χ0) is 18.6. The molecule has 2 heterocycles. The number of hydrogen-bond donors (Lipinski definition) is 0. The maximum absolute atomic E-state index is 12.7. The highest BCUT2D eigenvalue weighted by atomic mass is 32.1. The Hall–Kier alpha value is -2.92. The third kappa shape index (κ3) is 4.09. The molecule has 5 heteroatoms. The van der Waals surface area contributed by atoms with E-state index in [0.717, 1.165) is 28.8 Å². The van der Waals surface area contributed by atoms with Crippen LogP contribution in [0, 0.1) is 0 Å². The molecule has 4 rings (SSSR count). The number of hydrogen-bond acceptors (Lipinski definition) is 4. The quantitative estimate of drug-likeness (QED) is 0.478. The highest BCUT2D eigenvalue weighted by Gasteiger charge is 2.15. The summed E-state index contributed by atoms with van der Waals surface area (Å²) in [6.45, 7) is 0.607. The SMILES string of the molecule is CN(Cc1cccs1)C(=O)c1ccc2oc(CCc3ccccc3)nc2c1. The predicted octanol–water partition coefficient (Wildman–Crippen LogP) is 4.95. The van der Waals surface area contributed by atoms with Gasteiger partial charge in [-0.05, 0) is 41.6 Å². The molecule has 4 aromatic rings. The van der Waals surface area contributed by atoms with E-state index in [-0.39, 0.29) is 5.91 Å². The summed E-state index contributed by atoms with van der Waals surface area (Å²) < 4.78 is 5.84. The van der Waals surface area contributed by atoms with Gasteiger partial charge in [0.15, 0.2) is 11.5 Å². The van der Waals surface area contributed by atoms with Gasteiger partial charge in [0.1, 0.15) is 5.52 Å². The zero-order valence-corrected chi connectivity index (χ0v) is 15.9. The molecule has 0 aliphatic heterocycles. The number of aromatic nitrogens is 1. The van der Waals surface area contributed by atoms with Crippen LogP contribution in [0.25, 0.3) is 11.1 Å². The minimum atomic E-state index is -0.0147. The Balaban J connectivity index is 1.47. The Kier molecular flexibility index (Phi) is 5.03. The van der Waals surface area contributed by atoms with Crippen molar-refractivity contribution in [2.24, 2.45) is 0 Å². The summed E-state index contributed by atoms with van der Waals surface area (Å²) in [7, 11) is 1.82. The Labute approximate surface area is 162 Å². The lowest BCUT2D eigenvalue weighted by Crippen LogP contribution is -2.25. The van der Waals surface area contributed by atoms with Crippen molar-refractivity contribution < 1.29 is 9.21 Å². The third-order valence-corrected chi connectivity index (χ3v) is 5.33. The molecule has 2 aromatic heterocycles. The molecule has 0 saturated heterocycles. The Bertz CT molecular complexity index is 1040. The normalized spacial score (nSPS) is 11.0. The molecule has 1 amide bonds. The van der Waals surface area contributed by atoms with Gasteiger partial charge in [0.25, 0.3) is 5.91 Å². The number of thiophene rings is 1. The number of oxazole rings is 1. The summed E-state index contributed by atoms with van der Waals surface area (Å²) in [6, 6.07) is 19.8. The maximum atomic E-state index is 12.7. The molecular weight excluding hydrogens is 356 g/mol. The van der Waals surface area contributed by atoms with Crippen molar-refractivity contribution in [2.45, 2.75) is 19.4 Å². The van der Waals surface area contributed by atoms with Crippen molar-refractivity contribution >= 4 is 28.3 Å². The molecule has 2 aromatic carbocycles. The van der Waals surface area contributed by atoms with E-state index >= 15 is 0 Å². The van der Waals surface area contributed by atoms with Crippen LogP contribution in [0.4, 0.5) is 0 Å². The average molecular weight is 376 g/mol. The molecule has 0 saturated carbocycles. The van der Waals surface area contributed by atoms with Crippen LogP contribution in [0.1, 0.15) is 26.7 Å². The summed E-state index contributed by atoms with van der Waals surface area (Å²) in [5.41, 5.74) is 3.33. The summed E-state index contributed by atoms with van der Waals surface area (Å²) in [4.78, 5) is 20.2. The number of amides is 1. The van der Waals surface area contributed by atoms with Crippen molar-refractivity contribution in [3.63, 3.8) is 0 Å². The molecule has 0 N–H and O–H groups in total. The van der Waals surface area contributed by atoms with Gasteiger partial charge >= 0.3 is 0 Å². The molecule has 27 heavy (non-hydrogen) atoms. The van der Waals surface area contributed by atoms with Crippen molar-refractivity contribution in [1.29, 1.82) is 0 Å². The molecule has 0 aliphatic carbocycles. The van der Waals surface area contributed by atoms with Crippen LogP contribution in [0.3, 0.4) is 0 Å². The lowest BCUT2D eigenvalue weighted by molar-refractivity contribution is 0.0786. The molecule has 0 radical (unpaired) electrons. The number of carbonyl (C=O) groups is 1. The van der Waals surface area contributed by atoms with Crippen LogP contribution in [0.2, 0.25) is 0 Å². The minimum Gasteiger partial charge on any atom is -0.441 e. The number of aryl methyl sites for hydroxylation is 2. The van der Waals surface area contributed by atoms with Gasteiger partial charge in [-0.1, -0.05) is 36.4 Å². The Morgan fingerprint density at radius 1 is 1.07 bits per heavy atom. The molecule has 0 fully saturated rings. The van der Waals surface area contributed by atoms with Crippen LogP contribution >= 0.6 is 11.3 Å². The van der Waals surface area contributed by atoms with Gasteiger partial charge in [-0.2, -0.15) is 0 Å². The summed E-state index contributed by atoms with van der Waals surface area (Å²) in [5, 5.41) is 2.02. The van der Waals surface area contributed by atoms with Gasteiger partial charge in [-0.25, -0.2) is 4.98 Å². The second-order valence-electron chi connectivity index (χ2n) is 6.52. The van der Waals surface area contributed by atoms with Crippen molar-refractivity contribution in [3.05, 3.63) is 87.9 Å². The highest BCUT2D eigenvalue weighted by molar-refractivity contribution is 7.09. The molecule has 0 atom stereocenters. The standard InChI is InChI=1S/C22H20N2O2S/c1-24(15-18-8-5-13-27-18)22(25)17-10-11-20-19(14-17)23-21(26-20)12-9-16-6-3-2-4-7-16/h2-8,10-11,13-14H,9,12,15H2,1H3. The van der Waals surface area contributed by atoms with Gasteiger partial charge in [-0.15, -0.1) is 11.3 Å². The van der Waals surface area contributed by atoms with E-state index in [4.69, 9.17) is 4.42 Å². The van der Waals surface area contributed by atoms with E-state index in [1.54, 1.807) is 16.2 Å². The fourth-order valence-corrected chi connectivity index (χ4v) is 3.80. The molecule has 4 nitrogen and oxygen atoms in total. The second kappa shape index (κ2) is 7.76. The van der Waals surface area contributed by atoms with Crippen LogP contribution < -0.4 is 0 Å². The van der Waals surface area contributed by atoms with Crippen molar-refractivity contribution in [2.75, 3.05) is 7.05 Å². The fraction of sp³-hybridized carbons (Fsp3) is 0.182. The summed E-state index contributed by atoms with van der Waals surface area (Å²) in [5.74, 6) is 0.685. The molecule has 0 aliphatic rings. The number of fused-ring (bicyclic) bond motifs is 1. The number of rotatable bonds is 6. The average Bonchev–Trinajstić information content (AvgIpc) is 3.35. The topological polar surface area (TPSA) is 46.3 Å². The Morgan fingerprint density at radius 3 is 2.70 bits per heavy atom. The zero-order valence-electron chi connectivity index (χ0n) is 15.1. The van der Waals surface area contributed by atoms with Crippen LogP contribution in [0.15, 0.2) is 70.5 Å². The maximum Gasteiger partial charge on any atom is 0.254 e. The van der Waals surface area contributed by atoms with Crippen molar-refractivity contribution in [1.82, 2.24) is 9.88 Å². The highest BCUT2D eigenvalue weighted by Crippen LogP contribution is 2.20. The first kappa shape index (κ1) is 17.5. The molecular formula is C22H20N2O2S. The van der Waals surface area contributed by atoms with Crippen LogP contribution in [0.5, 0.6) is 0 Å². The summed E-state index contributed by atoms with van der Waals surface area (Å²) >= 11 is 1.65. The first-order valence-electron chi connectivity index (χ1n) is 8.90. The van der Waals surface area contributed by atoms with E-state index in [2.05, 4.69) is 17.1 Å². The number of benzene rings is 2. The van der Waals surface area contributed by atoms with E-state index in [0.29, 0.717) is 18.0 Å². The third-order valence-electron chi connectivity index (χ3n) is 4.47. The predicted molar refractivity (Wildman–Crippen MR) is 108 cm³/mol. The first-order chi connectivity index (χ1) is 13.2. The van der Waals surface area contributed by atoms with Gasteiger partial charge in [0.2, 0.25) is 0 Å². The van der Waals surface area contributed by atoms with Gasteiger partial charge in [0, 0.05) is 23.9 Å². The van der Waals surface area contributed by atoms with Crippen LogP contribution in [-0.2, 0) is 19.4 Å². The first-order valence-corrected chi connectivity index (χ1v) is 9.78.